The van der Waals surface area contributed by atoms with Crippen LogP contribution in [0.4, 0.5) is 0 Å². The number of hydrogen-bond acceptors (Lipinski definition) is 4. The molecule has 5 heteroatoms. The fourth-order valence-electron chi connectivity index (χ4n) is 3.42. The second kappa shape index (κ2) is 3.79. The van der Waals surface area contributed by atoms with Crippen LogP contribution < -0.4 is 0 Å². The lowest BCUT2D eigenvalue weighted by Crippen LogP contribution is -2.49. The Bertz CT molecular complexity index is 476. The summed E-state index contributed by atoms with van der Waals surface area (Å²) in [5.74, 6) is 1.57. The van der Waals surface area contributed by atoms with E-state index in [2.05, 4.69) is 46.9 Å². The number of fused-ring (bicyclic) bond motifs is 1. The zero-order chi connectivity index (χ0) is 13.2. The van der Waals surface area contributed by atoms with Gasteiger partial charge >= 0.3 is 0 Å². The molecule has 104 valence electrons. The molecule has 19 heavy (non-hydrogen) atoms. The van der Waals surface area contributed by atoms with Crippen LogP contribution >= 0.6 is 0 Å². The summed E-state index contributed by atoms with van der Waals surface area (Å²) in [4.78, 5) is 2.59. The summed E-state index contributed by atoms with van der Waals surface area (Å²) in [6.07, 6.45) is 2.15. The molecule has 0 spiro atoms. The number of aromatic nitrogens is 3. The second-order valence-corrected chi connectivity index (χ2v) is 7.30. The summed E-state index contributed by atoms with van der Waals surface area (Å²) < 4.78 is 7.40. The normalized spacial score (nSPS) is 35.2. The van der Waals surface area contributed by atoms with E-state index in [1.54, 1.807) is 0 Å². The first-order valence-corrected chi connectivity index (χ1v) is 7.28. The molecule has 2 aliphatic heterocycles. The summed E-state index contributed by atoms with van der Waals surface area (Å²) in [5, 5.41) is 8.69. The van der Waals surface area contributed by atoms with Crippen LogP contribution in [-0.4, -0.2) is 52.2 Å². The number of hydrogen-bond donors (Lipinski definition) is 0. The summed E-state index contributed by atoms with van der Waals surface area (Å²) in [6.45, 7) is 10.9. The molecule has 0 amide bonds. The molecule has 1 aliphatic carbocycles. The number of ether oxygens (including phenoxy) is 1. The van der Waals surface area contributed by atoms with Crippen LogP contribution in [-0.2, 0) is 10.2 Å². The van der Waals surface area contributed by atoms with Gasteiger partial charge in [0.2, 0.25) is 0 Å². The van der Waals surface area contributed by atoms with Crippen molar-refractivity contribution in [3.8, 4) is 0 Å². The van der Waals surface area contributed by atoms with Gasteiger partial charge in [0.25, 0.3) is 0 Å². The maximum Gasteiger partial charge on any atom is 0.0880 e. The van der Waals surface area contributed by atoms with Gasteiger partial charge in [0.15, 0.2) is 0 Å². The van der Waals surface area contributed by atoms with Crippen molar-refractivity contribution in [1.82, 2.24) is 19.9 Å². The third kappa shape index (κ3) is 1.82. The molecule has 1 aromatic rings. The van der Waals surface area contributed by atoms with Crippen molar-refractivity contribution in [2.24, 2.45) is 11.8 Å². The highest BCUT2D eigenvalue weighted by Gasteiger charge is 2.58. The molecule has 2 atom stereocenters. The van der Waals surface area contributed by atoms with Crippen LogP contribution in [0.15, 0.2) is 6.20 Å². The van der Waals surface area contributed by atoms with E-state index in [-0.39, 0.29) is 5.41 Å². The Morgan fingerprint density at radius 3 is 2.37 bits per heavy atom. The first kappa shape index (κ1) is 11.9. The zero-order valence-electron chi connectivity index (χ0n) is 11.9. The third-order valence-electron chi connectivity index (χ3n) is 4.90. The monoisotopic (exact) mass is 262 g/mol. The molecule has 5 nitrogen and oxygen atoms in total. The van der Waals surface area contributed by atoms with Crippen molar-refractivity contribution < 1.29 is 4.74 Å². The predicted octanol–water partition coefficient (Wildman–Crippen LogP) is 1.08. The summed E-state index contributed by atoms with van der Waals surface area (Å²) >= 11 is 0. The number of likely N-dealkylation sites (tertiary alicyclic amines) is 1. The molecule has 2 saturated heterocycles. The quantitative estimate of drug-likeness (QED) is 0.800. The van der Waals surface area contributed by atoms with Gasteiger partial charge in [-0.05, 0) is 0 Å². The highest BCUT2D eigenvalue weighted by molar-refractivity contribution is 5.13. The van der Waals surface area contributed by atoms with Gasteiger partial charge in [-0.25, -0.2) is 4.68 Å². The molecule has 3 fully saturated rings. The lowest BCUT2D eigenvalue weighted by Gasteiger charge is -2.35. The molecule has 0 aromatic carbocycles. The van der Waals surface area contributed by atoms with Crippen molar-refractivity contribution in [2.75, 3.05) is 26.3 Å². The minimum absolute atomic E-state index is 0.0948. The average molecular weight is 262 g/mol. The van der Waals surface area contributed by atoms with Gasteiger partial charge in [-0.2, -0.15) is 0 Å². The van der Waals surface area contributed by atoms with Gasteiger partial charge < -0.3 is 4.74 Å². The second-order valence-electron chi connectivity index (χ2n) is 7.30. The molecule has 2 unspecified atom stereocenters. The molecule has 1 saturated carbocycles. The van der Waals surface area contributed by atoms with Gasteiger partial charge in [-0.15, -0.1) is 5.10 Å². The number of rotatable bonds is 2. The molecule has 0 bridgehead atoms. The fraction of sp³-hybridized carbons (Fsp3) is 0.857. The van der Waals surface area contributed by atoms with Crippen LogP contribution in [0.25, 0.3) is 0 Å². The lowest BCUT2D eigenvalue weighted by molar-refractivity contribution is -0.0617. The van der Waals surface area contributed by atoms with E-state index >= 15 is 0 Å². The fourth-order valence-corrected chi connectivity index (χ4v) is 3.42. The van der Waals surface area contributed by atoms with Gasteiger partial charge in [-0.1, -0.05) is 26.0 Å². The topological polar surface area (TPSA) is 43.2 Å². The Hall–Kier alpha value is -0.940. The van der Waals surface area contributed by atoms with Crippen molar-refractivity contribution in [2.45, 2.75) is 38.3 Å². The van der Waals surface area contributed by atoms with Gasteiger partial charge in [-0.3, -0.25) is 4.90 Å². The van der Waals surface area contributed by atoms with Crippen LogP contribution in [0.3, 0.4) is 0 Å². The lowest BCUT2D eigenvalue weighted by atomic mass is 9.93. The van der Waals surface area contributed by atoms with Crippen molar-refractivity contribution >= 4 is 0 Å². The minimum atomic E-state index is 0.0948. The largest absolute Gasteiger partial charge is 0.378 e. The van der Waals surface area contributed by atoms with Crippen LogP contribution in [0, 0.1) is 11.8 Å². The SMILES string of the molecule is CC(C)(C)c1cn(C2C3CN(C4COC4)CC32)nn1. The Labute approximate surface area is 113 Å². The van der Waals surface area contributed by atoms with E-state index in [1.165, 1.54) is 13.1 Å². The van der Waals surface area contributed by atoms with E-state index in [0.717, 1.165) is 30.7 Å². The van der Waals surface area contributed by atoms with Gasteiger partial charge in [0.1, 0.15) is 0 Å². The predicted molar refractivity (Wildman–Crippen MR) is 70.9 cm³/mol. The average Bonchev–Trinajstić information content (AvgIpc) is 2.68. The molecule has 0 radical (unpaired) electrons. The van der Waals surface area contributed by atoms with Crippen molar-refractivity contribution in [3.05, 3.63) is 11.9 Å². The number of nitrogens with zero attached hydrogens (tertiary/aromatic N) is 4. The van der Waals surface area contributed by atoms with E-state index in [4.69, 9.17) is 4.74 Å². The highest BCUT2D eigenvalue weighted by Crippen LogP contribution is 2.55. The van der Waals surface area contributed by atoms with Crippen LogP contribution in [0.1, 0.15) is 32.5 Å². The van der Waals surface area contributed by atoms with Gasteiger partial charge in [0, 0.05) is 36.5 Å². The highest BCUT2D eigenvalue weighted by atomic mass is 16.5. The summed E-state index contributed by atoms with van der Waals surface area (Å²) in [7, 11) is 0. The summed E-state index contributed by atoms with van der Waals surface area (Å²) in [6, 6.07) is 1.29. The third-order valence-corrected chi connectivity index (χ3v) is 4.90. The molecule has 3 heterocycles. The Morgan fingerprint density at radius 1 is 1.21 bits per heavy atom. The number of piperidine rings is 1. The Balaban J connectivity index is 1.42. The Morgan fingerprint density at radius 2 is 1.89 bits per heavy atom. The van der Waals surface area contributed by atoms with Crippen molar-refractivity contribution in [1.29, 1.82) is 0 Å². The maximum absolute atomic E-state index is 5.28. The molecule has 0 N–H and O–H groups in total. The standard InChI is InChI=1S/C14H22N4O/c1-14(2,3)12-6-18(16-15-12)13-10-4-17(5-11(10)13)9-7-19-8-9/h6,9-11,13H,4-5,7-8H2,1-3H3. The van der Waals surface area contributed by atoms with E-state index < -0.39 is 0 Å². The van der Waals surface area contributed by atoms with E-state index in [0.29, 0.717) is 12.1 Å². The summed E-state index contributed by atoms with van der Waals surface area (Å²) in [5.41, 5.74) is 1.19. The van der Waals surface area contributed by atoms with Crippen molar-refractivity contribution in [3.63, 3.8) is 0 Å². The maximum atomic E-state index is 5.28. The molecular formula is C14H22N4O. The zero-order valence-corrected chi connectivity index (χ0v) is 11.9. The first-order chi connectivity index (χ1) is 9.04. The smallest absolute Gasteiger partial charge is 0.0880 e. The molecule has 1 aromatic heterocycles. The van der Waals surface area contributed by atoms with E-state index in [9.17, 15) is 0 Å². The Kier molecular flexibility index (Phi) is 2.37. The van der Waals surface area contributed by atoms with E-state index in [1.807, 2.05) is 0 Å². The van der Waals surface area contributed by atoms with Crippen LogP contribution in [0.2, 0.25) is 0 Å². The van der Waals surface area contributed by atoms with Gasteiger partial charge in [0.05, 0.1) is 31.0 Å². The molecule has 4 rings (SSSR count). The molecular weight excluding hydrogens is 240 g/mol. The molecule has 3 aliphatic rings. The van der Waals surface area contributed by atoms with Crippen LogP contribution in [0.5, 0.6) is 0 Å². The minimum Gasteiger partial charge on any atom is -0.378 e. The first-order valence-electron chi connectivity index (χ1n) is 7.28.